The molecule has 1 atom stereocenters. The second-order valence-electron chi connectivity index (χ2n) is 7.90. The van der Waals surface area contributed by atoms with Crippen LogP contribution in [0.25, 0.3) is 0 Å². The van der Waals surface area contributed by atoms with Gasteiger partial charge in [-0.25, -0.2) is 4.99 Å². The molecule has 3 aromatic carbocycles. The van der Waals surface area contributed by atoms with Crippen LogP contribution in [0.1, 0.15) is 22.3 Å². The third kappa shape index (κ3) is 5.16. The summed E-state index contributed by atoms with van der Waals surface area (Å²) in [5, 5.41) is 6.38. The molecule has 1 unspecified atom stereocenters. The Morgan fingerprint density at radius 2 is 1.75 bits per heavy atom. The lowest BCUT2D eigenvalue weighted by molar-refractivity contribution is -0.274. The molecule has 1 heterocycles. The predicted octanol–water partition coefficient (Wildman–Crippen LogP) is 4.31. The van der Waals surface area contributed by atoms with Crippen molar-refractivity contribution in [2.45, 2.75) is 18.6 Å². The molecule has 0 bridgehead atoms. The van der Waals surface area contributed by atoms with E-state index in [2.05, 4.69) is 26.3 Å². The summed E-state index contributed by atoms with van der Waals surface area (Å²) in [6.07, 6.45) is 0.810. The molecule has 1 aliphatic heterocycles. The van der Waals surface area contributed by atoms with Crippen LogP contribution < -0.4 is 30.6 Å². The molecule has 10 heteroatoms. The van der Waals surface area contributed by atoms with Gasteiger partial charge in [0.25, 0.3) is 0 Å². The first-order valence-electron chi connectivity index (χ1n) is 10.7. The fourth-order valence-electron chi connectivity index (χ4n) is 3.89. The summed E-state index contributed by atoms with van der Waals surface area (Å²) in [5.74, 6) is 3.52. The van der Waals surface area contributed by atoms with Crippen LogP contribution in [0.5, 0.6) is 17.2 Å². The van der Waals surface area contributed by atoms with E-state index in [1.54, 1.807) is 36.4 Å². The molecule has 0 amide bonds. The van der Waals surface area contributed by atoms with Gasteiger partial charge in [-0.15, -0.1) is 19.6 Å². The molecule has 0 spiro atoms. The smallest absolute Gasteiger partial charge is 0.493 e. The molecule has 0 aliphatic carbocycles. The largest absolute Gasteiger partial charge is 0.573 e. The number of halogens is 3. The van der Waals surface area contributed by atoms with Crippen LogP contribution in [0, 0.1) is 12.3 Å². The molecule has 186 valence electrons. The third-order valence-corrected chi connectivity index (χ3v) is 5.55. The Bertz CT molecular complexity index is 1350. The molecule has 0 aromatic heterocycles. The van der Waals surface area contributed by atoms with Gasteiger partial charge in [0.2, 0.25) is 0 Å². The number of fused-ring (bicyclic) bond motifs is 1. The monoisotopic (exact) mass is 496 g/mol. The highest BCUT2D eigenvalue weighted by molar-refractivity contribution is 5.98. The van der Waals surface area contributed by atoms with E-state index >= 15 is 0 Å². The number of terminal acetylenes is 1. The molecule has 0 saturated carbocycles. The summed E-state index contributed by atoms with van der Waals surface area (Å²) in [6, 6.07) is 16.3. The van der Waals surface area contributed by atoms with E-state index in [4.69, 9.17) is 21.6 Å². The quantitative estimate of drug-likeness (QED) is 0.441. The first kappa shape index (κ1) is 24.8. The standard InChI is InChI=1S/C26H23F3N4O3/c1-4-16-7-5-9-18(11-16)25(30)20-13-22(34-2)23(35-3)14-21(20)32-24(33-25)31-15-17-8-6-10-19(12-17)36-26(27,28)29/h1,5-14H,15,30H2,2-3H3,(H2,31,32,33). The van der Waals surface area contributed by atoms with Gasteiger partial charge in [0.15, 0.2) is 17.5 Å². The van der Waals surface area contributed by atoms with Crippen molar-refractivity contribution in [3.63, 3.8) is 0 Å². The number of aliphatic imine (C=N–C) groups is 1. The number of benzene rings is 3. The van der Waals surface area contributed by atoms with E-state index in [-0.39, 0.29) is 12.3 Å². The van der Waals surface area contributed by atoms with Crippen molar-refractivity contribution >= 4 is 11.6 Å². The van der Waals surface area contributed by atoms with Gasteiger partial charge in [-0.05, 0) is 41.5 Å². The van der Waals surface area contributed by atoms with Crippen molar-refractivity contribution < 1.29 is 27.4 Å². The number of ether oxygens (including phenoxy) is 3. The number of rotatable bonds is 6. The van der Waals surface area contributed by atoms with Crippen LogP contribution in [0.15, 0.2) is 65.7 Å². The van der Waals surface area contributed by atoms with Crippen molar-refractivity contribution in [3.8, 4) is 29.6 Å². The van der Waals surface area contributed by atoms with E-state index < -0.39 is 12.0 Å². The minimum Gasteiger partial charge on any atom is -0.493 e. The summed E-state index contributed by atoms with van der Waals surface area (Å²) >= 11 is 0. The topological polar surface area (TPSA) is 90.1 Å². The number of nitrogens with two attached hydrogens (primary N) is 1. The van der Waals surface area contributed by atoms with Crippen molar-refractivity contribution in [3.05, 3.63) is 82.9 Å². The number of alkyl halides is 3. The Kier molecular flexibility index (Phi) is 6.68. The zero-order valence-corrected chi connectivity index (χ0v) is 19.4. The van der Waals surface area contributed by atoms with E-state index in [0.29, 0.717) is 45.4 Å². The van der Waals surface area contributed by atoms with Crippen LogP contribution in [-0.2, 0) is 12.2 Å². The SMILES string of the molecule is C#Cc1cccc(C2(N)NC(=NCc3cccc(OC(F)(F)F)c3)Nc3cc(OC)c(OC)cc32)c1. The number of nitrogens with one attached hydrogen (secondary N) is 2. The van der Waals surface area contributed by atoms with Crippen molar-refractivity contribution in [1.82, 2.24) is 5.32 Å². The van der Waals surface area contributed by atoms with Crippen LogP contribution in [0.4, 0.5) is 18.9 Å². The van der Waals surface area contributed by atoms with Gasteiger partial charge in [-0.1, -0.05) is 30.2 Å². The van der Waals surface area contributed by atoms with E-state index in [9.17, 15) is 13.2 Å². The Balaban J connectivity index is 1.74. The Morgan fingerprint density at radius 3 is 2.44 bits per heavy atom. The van der Waals surface area contributed by atoms with Crippen LogP contribution in [-0.4, -0.2) is 26.5 Å². The van der Waals surface area contributed by atoms with E-state index in [1.165, 1.54) is 32.4 Å². The van der Waals surface area contributed by atoms with Crippen LogP contribution >= 0.6 is 0 Å². The predicted molar refractivity (Wildman–Crippen MR) is 130 cm³/mol. The van der Waals surface area contributed by atoms with Gasteiger partial charge in [0, 0.05) is 17.2 Å². The summed E-state index contributed by atoms with van der Waals surface area (Å²) in [4.78, 5) is 4.52. The number of hydrogen-bond donors (Lipinski definition) is 3. The molecule has 0 fully saturated rings. The molecule has 4 rings (SSSR count). The zero-order valence-electron chi connectivity index (χ0n) is 19.4. The van der Waals surface area contributed by atoms with Gasteiger partial charge < -0.3 is 30.6 Å². The second kappa shape index (κ2) is 9.71. The molecule has 7 nitrogen and oxygen atoms in total. The average Bonchev–Trinajstić information content (AvgIpc) is 2.86. The minimum atomic E-state index is -4.78. The van der Waals surface area contributed by atoms with Gasteiger partial charge in [-0.3, -0.25) is 0 Å². The number of anilines is 1. The number of hydrogen-bond acceptors (Lipinski definition) is 5. The summed E-state index contributed by atoms with van der Waals surface area (Å²) in [5.41, 5.74) is 8.73. The van der Waals surface area contributed by atoms with Gasteiger partial charge >= 0.3 is 6.36 Å². The zero-order chi connectivity index (χ0) is 25.9. The first-order valence-corrected chi connectivity index (χ1v) is 10.7. The maximum absolute atomic E-state index is 12.6. The lowest BCUT2D eigenvalue weighted by Crippen LogP contribution is -2.58. The lowest BCUT2D eigenvalue weighted by atomic mass is 9.88. The highest BCUT2D eigenvalue weighted by atomic mass is 19.4. The Labute approximate surface area is 206 Å². The van der Waals surface area contributed by atoms with Gasteiger partial charge in [0.1, 0.15) is 11.4 Å². The fraction of sp³-hybridized carbons (Fsp3) is 0.192. The lowest BCUT2D eigenvalue weighted by Gasteiger charge is -2.39. The second-order valence-corrected chi connectivity index (χ2v) is 7.90. The molecule has 4 N–H and O–H groups in total. The highest BCUT2D eigenvalue weighted by Gasteiger charge is 2.38. The van der Waals surface area contributed by atoms with Gasteiger partial charge in [0.05, 0.1) is 26.5 Å². The van der Waals surface area contributed by atoms with Crippen LogP contribution in [0.3, 0.4) is 0 Å². The van der Waals surface area contributed by atoms with Crippen molar-refractivity contribution in [1.29, 1.82) is 0 Å². The molecule has 0 radical (unpaired) electrons. The van der Waals surface area contributed by atoms with E-state index in [1.807, 2.05) is 6.07 Å². The molecular weight excluding hydrogens is 473 g/mol. The van der Waals surface area contributed by atoms with Gasteiger partial charge in [-0.2, -0.15) is 0 Å². The maximum Gasteiger partial charge on any atom is 0.573 e. The van der Waals surface area contributed by atoms with Crippen molar-refractivity contribution in [2.75, 3.05) is 19.5 Å². The average molecular weight is 496 g/mol. The summed E-state index contributed by atoms with van der Waals surface area (Å²) in [6.45, 7) is 0.0491. The number of methoxy groups -OCH3 is 2. The van der Waals surface area contributed by atoms with Crippen LogP contribution in [0.2, 0.25) is 0 Å². The first-order chi connectivity index (χ1) is 17.1. The molecule has 1 aliphatic rings. The summed E-state index contributed by atoms with van der Waals surface area (Å²) in [7, 11) is 3.04. The highest BCUT2D eigenvalue weighted by Crippen LogP contribution is 2.41. The number of guanidine groups is 1. The molecule has 36 heavy (non-hydrogen) atoms. The Morgan fingerprint density at radius 1 is 1.03 bits per heavy atom. The van der Waals surface area contributed by atoms with Crippen molar-refractivity contribution in [2.24, 2.45) is 10.7 Å². The normalized spacial score (nSPS) is 17.9. The molecule has 0 saturated heterocycles. The third-order valence-electron chi connectivity index (χ3n) is 5.55. The fourth-order valence-corrected chi connectivity index (χ4v) is 3.89. The maximum atomic E-state index is 12.6. The van der Waals surface area contributed by atoms with E-state index in [0.717, 1.165) is 0 Å². The molecule has 3 aromatic rings. The Hall–Kier alpha value is -4.36. The molecular formula is C26H23F3N4O3. The summed E-state index contributed by atoms with van der Waals surface area (Å²) < 4.78 is 52.7. The minimum absolute atomic E-state index is 0.0491. The number of nitrogens with zero attached hydrogens (tertiary/aromatic N) is 1.